The molecular formula is C38H50N4O9Si. The number of aromatic nitrogens is 2. The number of benzene rings is 1. The van der Waals surface area contributed by atoms with Crippen molar-refractivity contribution in [3.05, 3.63) is 51.3 Å². The second kappa shape index (κ2) is 14.0. The summed E-state index contributed by atoms with van der Waals surface area (Å²) in [5, 5.41) is 7.26. The summed E-state index contributed by atoms with van der Waals surface area (Å²) < 4.78 is 23.7. The first-order chi connectivity index (χ1) is 24.2. The van der Waals surface area contributed by atoms with Crippen LogP contribution in [0, 0.1) is 0 Å². The van der Waals surface area contributed by atoms with Gasteiger partial charge in [0.25, 0.3) is 5.56 Å². The highest BCUT2D eigenvalue weighted by Crippen LogP contribution is 2.41. The number of amides is 2. The van der Waals surface area contributed by atoms with Gasteiger partial charge in [-0.15, -0.1) is 0 Å². The number of fused-ring (bicyclic) bond motifs is 5. The third-order valence-corrected chi connectivity index (χ3v) is 12.7. The zero-order chi connectivity index (χ0) is 38.4. The van der Waals surface area contributed by atoms with Crippen LogP contribution in [0.2, 0.25) is 19.1 Å². The predicted octanol–water partition coefficient (Wildman–Crippen LogP) is 6.22. The molecule has 1 unspecified atom stereocenters. The van der Waals surface area contributed by atoms with Gasteiger partial charge >= 0.3 is 24.1 Å². The van der Waals surface area contributed by atoms with E-state index in [4.69, 9.17) is 23.9 Å². The minimum atomic E-state index is -2.20. The lowest BCUT2D eigenvalue weighted by Gasteiger charge is -2.35. The first kappa shape index (κ1) is 38.5. The Morgan fingerprint density at radius 3 is 2.29 bits per heavy atom. The van der Waals surface area contributed by atoms with Crippen LogP contribution in [0.4, 0.5) is 15.3 Å². The number of pyridine rings is 2. The van der Waals surface area contributed by atoms with Gasteiger partial charge in [0.05, 0.1) is 37.1 Å². The largest absolute Gasteiger partial charge is 0.457 e. The molecule has 2 aromatic heterocycles. The summed E-state index contributed by atoms with van der Waals surface area (Å²) in [5.74, 6) is -1.70. The van der Waals surface area contributed by atoms with Crippen molar-refractivity contribution in [3.63, 3.8) is 0 Å². The van der Waals surface area contributed by atoms with E-state index in [1.807, 2.05) is 12.1 Å². The SMILES string of the molecule is CCCC[Si](C)(C)c1c2c(nc3ccc(NC(=O)OC(C)(C)C)cc13)-c1cc3c(c(=O)n1C2)COC(=O)C3(CC)OC(=O)CNC(=O)OC(C)(C)C. The number of alkyl carbamates (subject to hydrolysis) is 1. The second-order valence-electron chi connectivity index (χ2n) is 16.1. The number of hydrogen-bond acceptors (Lipinski definition) is 10. The van der Waals surface area contributed by atoms with Crippen LogP contribution in [0.15, 0.2) is 29.1 Å². The molecule has 4 heterocycles. The Bertz CT molecular complexity index is 2010. The number of anilines is 1. The molecule has 2 amide bonds. The number of esters is 2. The van der Waals surface area contributed by atoms with Gasteiger partial charge in [0.15, 0.2) is 0 Å². The van der Waals surface area contributed by atoms with Gasteiger partial charge in [-0.3, -0.25) is 14.9 Å². The summed E-state index contributed by atoms with van der Waals surface area (Å²) in [4.78, 5) is 71.0. The lowest BCUT2D eigenvalue weighted by atomic mass is 9.85. The van der Waals surface area contributed by atoms with Gasteiger partial charge < -0.3 is 28.8 Å². The number of nitrogens with one attached hydrogen (secondary N) is 2. The molecule has 0 radical (unpaired) electrons. The number of ether oxygens (including phenoxy) is 4. The molecule has 2 aliphatic rings. The van der Waals surface area contributed by atoms with E-state index >= 15 is 0 Å². The Morgan fingerprint density at radius 2 is 1.65 bits per heavy atom. The number of nitrogens with zero attached hydrogens (tertiary/aromatic N) is 2. The van der Waals surface area contributed by atoms with Crippen LogP contribution in [-0.4, -0.2) is 59.5 Å². The summed E-state index contributed by atoms with van der Waals surface area (Å²) in [6.45, 7) is 18.3. The molecule has 1 aromatic carbocycles. The molecule has 1 atom stereocenters. The van der Waals surface area contributed by atoms with Crippen molar-refractivity contribution in [2.75, 3.05) is 11.9 Å². The van der Waals surface area contributed by atoms with E-state index in [1.54, 1.807) is 65.2 Å². The lowest BCUT2D eigenvalue weighted by molar-refractivity contribution is -0.188. The molecule has 0 bridgehead atoms. The molecule has 0 saturated heterocycles. The van der Waals surface area contributed by atoms with Crippen molar-refractivity contribution < 1.29 is 38.1 Å². The Hall–Kier alpha value is -4.72. The third-order valence-electron chi connectivity index (χ3n) is 9.20. The number of carbonyl (C=O) groups excluding carboxylic acids is 4. The molecular weight excluding hydrogens is 685 g/mol. The van der Waals surface area contributed by atoms with Crippen molar-refractivity contribution in [1.82, 2.24) is 14.9 Å². The van der Waals surface area contributed by atoms with Crippen molar-refractivity contribution in [1.29, 1.82) is 0 Å². The van der Waals surface area contributed by atoms with Gasteiger partial charge in [-0.25, -0.2) is 19.4 Å². The molecule has 280 valence electrons. The maximum absolute atomic E-state index is 14.3. The fraction of sp³-hybridized carbons (Fsp3) is 0.526. The van der Waals surface area contributed by atoms with Crippen molar-refractivity contribution >= 4 is 54.0 Å². The summed E-state index contributed by atoms with van der Waals surface area (Å²) in [5.41, 5.74) is 0.0257. The van der Waals surface area contributed by atoms with Crippen LogP contribution < -0.4 is 21.4 Å². The Morgan fingerprint density at radius 1 is 0.981 bits per heavy atom. The van der Waals surface area contributed by atoms with Gasteiger partial charge in [-0.2, -0.15) is 0 Å². The quantitative estimate of drug-likeness (QED) is 0.115. The molecule has 3 aromatic rings. The van der Waals surface area contributed by atoms with Gasteiger partial charge in [0, 0.05) is 16.6 Å². The monoisotopic (exact) mass is 734 g/mol. The Kier molecular flexibility index (Phi) is 10.4. The molecule has 14 heteroatoms. The highest BCUT2D eigenvalue weighted by atomic mass is 28.3. The summed E-state index contributed by atoms with van der Waals surface area (Å²) in [6, 6.07) is 8.27. The molecule has 2 N–H and O–H groups in total. The summed E-state index contributed by atoms with van der Waals surface area (Å²) in [7, 11) is -2.20. The molecule has 13 nitrogen and oxygen atoms in total. The van der Waals surface area contributed by atoms with Crippen LogP contribution in [0.3, 0.4) is 0 Å². The van der Waals surface area contributed by atoms with E-state index in [9.17, 15) is 24.0 Å². The van der Waals surface area contributed by atoms with Crippen LogP contribution in [0.25, 0.3) is 22.3 Å². The number of cyclic esters (lactones) is 1. The predicted molar refractivity (Wildman–Crippen MR) is 199 cm³/mol. The van der Waals surface area contributed by atoms with E-state index in [-0.39, 0.29) is 36.3 Å². The average Bonchev–Trinajstić information content (AvgIpc) is 3.39. The van der Waals surface area contributed by atoms with Gasteiger partial charge in [0.1, 0.15) is 24.4 Å². The Labute approximate surface area is 304 Å². The van der Waals surface area contributed by atoms with Crippen molar-refractivity contribution in [2.45, 2.75) is 124 Å². The molecule has 0 fully saturated rings. The molecule has 0 spiro atoms. The minimum Gasteiger partial charge on any atom is -0.457 e. The number of unbranched alkanes of at least 4 members (excludes halogenated alkanes) is 1. The average molecular weight is 735 g/mol. The van der Waals surface area contributed by atoms with Crippen LogP contribution in [0.5, 0.6) is 0 Å². The van der Waals surface area contributed by atoms with Crippen molar-refractivity contribution in [2.24, 2.45) is 0 Å². The van der Waals surface area contributed by atoms with E-state index in [2.05, 4.69) is 30.7 Å². The fourth-order valence-corrected chi connectivity index (χ4v) is 10.4. The van der Waals surface area contributed by atoms with E-state index in [0.29, 0.717) is 22.6 Å². The first-order valence-corrected chi connectivity index (χ1v) is 21.0. The van der Waals surface area contributed by atoms with Crippen molar-refractivity contribution in [3.8, 4) is 11.4 Å². The molecule has 52 heavy (non-hydrogen) atoms. The van der Waals surface area contributed by atoms with Crippen LogP contribution in [0.1, 0.15) is 91.3 Å². The van der Waals surface area contributed by atoms with Gasteiger partial charge in [0.2, 0.25) is 5.60 Å². The standard InChI is InChI=1S/C38H50N4O9Si/c1-11-13-16-52(9,10)31-23-17-22(40-35(47)51-37(6,7)8)14-15-27(23)41-30-24(31)20-42-28(30)18-26-25(32(42)44)21-48-33(45)38(26,12-2)49-29(43)19-39-34(46)50-36(3,4)5/h14-15,17-18H,11-13,16,19-21H2,1-10H3,(H,39,46)(H,40,47). The number of rotatable bonds is 9. The topological polar surface area (TPSA) is 164 Å². The molecule has 0 aliphatic carbocycles. The molecule has 5 rings (SSSR count). The van der Waals surface area contributed by atoms with Gasteiger partial charge in [-0.1, -0.05) is 45.8 Å². The molecule has 0 saturated carbocycles. The lowest BCUT2D eigenvalue weighted by Crippen LogP contribution is -2.49. The fourth-order valence-electron chi connectivity index (χ4n) is 6.94. The summed E-state index contributed by atoms with van der Waals surface area (Å²) >= 11 is 0. The highest BCUT2D eigenvalue weighted by molar-refractivity contribution is 6.91. The summed E-state index contributed by atoms with van der Waals surface area (Å²) in [6.07, 6.45) is 0.654. The van der Waals surface area contributed by atoms with Crippen LogP contribution in [-0.2, 0) is 47.3 Å². The van der Waals surface area contributed by atoms with E-state index in [0.717, 1.165) is 35.0 Å². The zero-order valence-corrected chi connectivity index (χ0v) is 32.8. The highest BCUT2D eigenvalue weighted by Gasteiger charge is 2.50. The number of carbonyl (C=O) groups is 4. The number of hydrogen-bond donors (Lipinski definition) is 2. The minimum absolute atomic E-state index is 0.0203. The van der Waals surface area contributed by atoms with E-state index in [1.165, 1.54) is 0 Å². The smallest absolute Gasteiger partial charge is 0.412 e. The maximum Gasteiger partial charge on any atom is 0.412 e. The van der Waals surface area contributed by atoms with Gasteiger partial charge in [-0.05, 0) is 83.0 Å². The maximum atomic E-state index is 14.3. The normalized spacial score (nSPS) is 16.7. The zero-order valence-electron chi connectivity index (χ0n) is 31.8. The Balaban J connectivity index is 1.62. The second-order valence-corrected chi connectivity index (χ2v) is 20.8. The first-order valence-electron chi connectivity index (χ1n) is 17.8. The van der Waals surface area contributed by atoms with Crippen LogP contribution >= 0.6 is 0 Å². The molecule has 2 aliphatic heterocycles. The van der Waals surface area contributed by atoms with E-state index < -0.39 is 55.5 Å². The third kappa shape index (κ3) is 7.71.